The largest absolute Gasteiger partial charge is 0.435 e. The number of nitrogens with zero attached hydrogens (tertiary/aromatic N) is 5. The van der Waals surface area contributed by atoms with Gasteiger partial charge in [-0.3, -0.25) is 0 Å². The van der Waals surface area contributed by atoms with Crippen molar-refractivity contribution in [2.45, 2.75) is 38.1 Å². The summed E-state index contributed by atoms with van der Waals surface area (Å²) in [4.78, 5) is 9.75. The highest BCUT2D eigenvalue weighted by molar-refractivity contribution is 5.83. The Kier molecular flexibility index (Phi) is 5.35. The van der Waals surface area contributed by atoms with E-state index in [0.29, 0.717) is 28.9 Å². The van der Waals surface area contributed by atoms with Gasteiger partial charge in [-0.25, -0.2) is 14.4 Å². The number of aromatic nitrogens is 5. The van der Waals surface area contributed by atoms with Crippen LogP contribution in [0.3, 0.4) is 0 Å². The molecule has 2 fully saturated rings. The number of fused-ring (bicyclic) bond motifs is 1. The highest BCUT2D eigenvalue weighted by atomic mass is 19.1. The number of pyridine rings is 1. The standard InChI is InChI=1S/C29H27FN6O/c1-36-16-32-35-28(36)23-13-21(30)7-8-22(23)20-11-24(19-5-6-19)33-26(12-20)29-34-25-10-18(4-9-27(25)37-29)15-31-14-17-2-3-17/h4,7-13,16-17,19,31H,2-3,5-6,14-15H2,1H3. The SMILES string of the molecule is Cn1cnnc1-c1cc(F)ccc1-c1cc(-c2nc3cc(CNCC4CC4)ccc3o2)nc(C2CC2)c1. The maximum Gasteiger partial charge on any atom is 0.246 e. The minimum atomic E-state index is -0.320. The Bertz CT molecular complexity index is 1610. The lowest BCUT2D eigenvalue weighted by Crippen LogP contribution is -2.15. The maximum absolute atomic E-state index is 14.3. The Hall–Kier alpha value is -3.91. The fourth-order valence-corrected chi connectivity index (χ4v) is 4.82. The molecule has 3 aromatic heterocycles. The summed E-state index contributed by atoms with van der Waals surface area (Å²) in [7, 11) is 1.85. The fraction of sp³-hybridized carbons (Fsp3) is 0.310. The van der Waals surface area contributed by atoms with Gasteiger partial charge in [0.2, 0.25) is 5.89 Å². The maximum atomic E-state index is 14.3. The molecule has 7 nitrogen and oxygen atoms in total. The van der Waals surface area contributed by atoms with E-state index in [2.05, 4.69) is 33.7 Å². The molecule has 8 heteroatoms. The number of nitrogens with one attached hydrogen (secondary N) is 1. The van der Waals surface area contributed by atoms with Gasteiger partial charge in [0.15, 0.2) is 11.4 Å². The number of oxazole rings is 1. The summed E-state index contributed by atoms with van der Waals surface area (Å²) in [5.41, 5.74) is 6.91. The van der Waals surface area contributed by atoms with E-state index in [1.165, 1.54) is 30.5 Å². The summed E-state index contributed by atoms with van der Waals surface area (Å²) in [5, 5.41) is 11.8. The summed E-state index contributed by atoms with van der Waals surface area (Å²) in [6.07, 6.45) is 6.52. The normalized spacial score (nSPS) is 15.5. The molecule has 0 atom stereocenters. The molecule has 3 heterocycles. The van der Waals surface area contributed by atoms with Crippen molar-refractivity contribution < 1.29 is 8.81 Å². The molecule has 0 saturated heterocycles. The first-order valence-electron chi connectivity index (χ1n) is 12.9. The van der Waals surface area contributed by atoms with E-state index < -0.39 is 0 Å². The van der Waals surface area contributed by atoms with E-state index in [1.54, 1.807) is 17.0 Å². The first kappa shape index (κ1) is 22.3. The molecule has 0 amide bonds. The predicted octanol–water partition coefficient (Wildman–Crippen LogP) is 5.87. The number of benzene rings is 2. The Morgan fingerprint density at radius 2 is 1.89 bits per heavy atom. The van der Waals surface area contributed by atoms with Gasteiger partial charge in [-0.1, -0.05) is 12.1 Å². The van der Waals surface area contributed by atoms with Crippen LogP contribution < -0.4 is 5.32 Å². The third kappa shape index (κ3) is 4.53. The lowest BCUT2D eigenvalue weighted by Gasteiger charge is -2.12. The minimum Gasteiger partial charge on any atom is -0.435 e. The van der Waals surface area contributed by atoms with Gasteiger partial charge in [-0.2, -0.15) is 0 Å². The molecule has 1 N–H and O–H groups in total. The minimum absolute atomic E-state index is 0.320. The number of halogens is 1. The Morgan fingerprint density at radius 1 is 1.00 bits per heavy atom. The van der Waals surface area contributed by atoms with Gasteiger partial charge in [0.25, 0.3) is 0 Å². The first-order chi connectivity index (χ1) is 18.1. The van der Waals surface area contributed by atoms with Crippen LogP contribution in [0.2, 0.25) is 0 Å². The van der Waals surface area contributed by atoms with Crippen LogP contribution in [0.5, 0.6) is 0 Å². The van der Waals surface area contributed by atoms with Crippen molar-refractivity contribution in [3.8, 4) is 34.1 Å². The third-order valence-corrected chi connectivity index (χ3v) is 7.22. The molecule has 0 radical (unpaired) electrons. The van der Waals surface area contributed by atoms with E-state index in [0.717, 1.165) is 59.8 Å². The molecule has 2 aliphatic carbocycles. The van der Waals surface area contributed by atoms with Crippen LogP contribution in [0.4, 0.5) is 4.39 Å². The topological polar surface area (TPSA) is 81.7 Å². The molecular weight excluding hydrogens is 467 g/mol. The van der Waals surface area contributed by atoms with Crippen molar-refractivity contribution in [3.63, 3.8) is 0 Å². The molecule has 0 spiro atoms. The van der Waals surface area contributed by atoms with Crippen molar-refractivity contribution in [3.05, 3.63) is 71.9 Å². The second-order valence-electron chi connectivity index (χ2n) is 10.3. The highest BCUT2D eigenvalue weighted by Gasteiger charge is 2.27. The van der Waals surface area contributed by atoms with E-state index >= 15 is 0 Å². The summed E-state index contributed by atoms with van der Waals surface area (Å²) < 4.78 is 22.3. The fourth-order valence-electron chi connectivity index (χ4n) is 4.82. The molecule has 0 bridgehead atoms. The monoisotopic (exact) mass is 494 g/mol. The molecule has 186 valence electrons. The molecular formula is C29H27FN6O. The molecule has 7 rings (SSSR count). The molecule has 0 aliphatic heterocycles. The van der Waals surface area contributed by atoms with Crippen molar-refractivity contribution >= 4 is 11.1 Å². The van der Waals surface area contributed by atoms with Crippen LogP contribution in [-0.4, -0.2) is 31.3 Å². The number of hydrogen-bond donors (Lipinski definition) is 1. The van der Waals surface area contributed by atoms with E-state index in [1.807, 2.05) is 19.2 Å². The van der Waals surface area contributed by atoms with Gasteiger partial charge in [0, 0.05) is 30.8 Å². The van der Waals surface area contributed by atoms with Gasteiger partial charge >= 0.3 is 0 Å². The summed E-state index contributed by atoms with van der Waals surface area (Å²) in [6.45, 7) is 1.89. The molecule has 2 aliphatic rings. The van der Waals surface area contributed by atoms with Crippen molar-refractivity contribution in [2.24, 2.45) is 13.0 Å². The van der Waals surface area contributed by atoms with Gasteiger partial charge in [0.05, 0.1) is 0 Å². The van der Waals surface area contributed by atoms with Crippen LogP contribution in [-0.2, 0) is 13.6 Å². The Labute approximate surface area is 213 Å². The average Bonchev–Trinajstić information content (AvgIpc) is 3.83. The number of rotatable bonds is 8. The van der Waals surface area contributed by atoms with Crippen LogP contribution in [0.25, 0.3) is 45.2 Å². The molecule has 5 aromatic rings. The number of hydrogen-bond acceptors (Lipinski definition) is 6. The zero-order chi connectivity index (χ0) is 24.9. The van der Waals surface area contributed by atoms with Crippen LogP contribution in [0.1, 0.15) is 42.9 Å². The Morgan fingerprint density at radius 3 is 2.68 bits per heavy atom. The van der Waals surface area contributed by atoms with E-state index in [4.69, 9.17) is 14.4 Å². The van der Waals surface area contributed by atoms with Crippen LogP contribution in [0.15, 0.2) is 59.3 Å². The molecule has 37 heavy (non-hydrogen) atoms. The number of aryl methyl sites for hydroxylation is 1. The van der Waals surface area contributed by atoms with Gasteiger partial charge in [-0.15, -0.1) is 10.2 Å². The lowest BCUT2D eigenvalue weighted by molar-refractivity contribution is 0.615. The van der Waals surface area contributed by atoms with Gasteiger partial charge in [0.1, 0.15) is 23.4 Å². The summed E-state index contributed by atoms with van der Waals surface area (Å²) in [5.74, 6) is 2.04. The van der Waals surface area contributed by atoms with Crippen molar-refractivity contribution in [1.82, 2.24) is 30.0 Å². The van der Waals surface area contributed by atoms with E-state index in [-0.39, 0.29) is 5.82 Å². The second-order valence-corrected chi connectivity index (χ2v) is 10.3. The second kappa shape index (κ2) is 8.88. The predicted molar refractivity (Wildman–Crippen MR) is 139 cm³/mol. The smallest absolute Gasteiger partial charge is 0.246 e. The quantitative estimate of drug-likeness (QED) is 0.291. The summed E-state index contributed by atoms with van der Waals surface area (Å²) >= 11 is 0. The first-order valence-corrected chi connectivity index (χ1v) is 12.9. The average molecular weight is 495 g/mol. The zero-order valence-electron chi connectivity index (χ0n) is 20.6. The van der Waals surface area contributed by atoms with Crippen molar-refractivity contribution in [1.29, 1.82) is 0 Å². The van der Waals surface area contributed by atoms with Gasteiger partial charge < -0.3 is 14.3 Å². The summed E-state index contributed by atoms with van der Waals surface area (Å²) in [6, 6.07) is 15.0. The molecule has 0 unspecified atom stereocenters. The van der Waals surface area contributed by atoms with E-state index in [9.17, 15) is 4.39 Å². The zero-order valence-corrected chi connectivity index (χ0v) is 20.6. The molecule has 2 aromatic carbocycles. The third-order valence-electron chi connectivity index (χ3n) is 7.22. The Balaban J connectivity index is 1.28. The van der Waals surface area contributed by atoms with Crippen LogP contribution in [0, 0.1) is 11.7 Å². The van der Waals surface area contributed by atoms with Crippen molar-refractivity contribution in [2.75, 3.05) is 6.54 Å². The molecule has 2 saturated carbocycles. The highest BCUT2D eigenvalue weighted by Crippen LogP contribution is 2.42. The van der Waals surface area contributed by atoms with Gasteiger partial charge in [-0.05, 0) is 91.2 Å². The van der Waals surface area contributed by atoms with Crippen LogP contribution >= 0.6 is 0 Å². The lowest BCUT2D eigenvalue weighted by atomic mass is 9.97.